The lowest BCUT2D eigenvalue weighted by Crippen LogP contribution is -2.35. The van der Waals surface area contributed by atoms with E-state index >= 15 is 0 Å². The number of rotatable bonds is 8. The maximum Gasteiger partial charge on any atom is 0.306 e. The lowest BCUT2D eigenvalue weighted by Gasteiger charge is -2.26. The Labute approximate surface area is 208 Å². The van der Waals surface area contributed by atoms with Gasteiger partial charge in [-0.3, -0.25) is 14.4 Å². The molecule has 1 heterocycles. The molecule has 3 N–H and O–H groups in total. The molecule has 36 heavy (non-hydrogen) atoms. The topological polar surface area (TPSA) is 105 Å². The molecule has 7 nitrogen and oxygen atoms in total. The molecule has 2 aromatic carbocycles. The molecule has 0 bridgehead atoms. The Morgan fingerprint density at radius 2 is 1.56 bits per heavy atom. The van der Waals surface area contributed by atoms with Crippen molar-refractivity contribution in [3.05, 3.63) is 64.3 Å². The van der Waals surface area contributed by atoms with Gasteiger partial charge in [0, 0.05) is 35.3 Å². The summed E-state index contributed by atoms with van der Waals surface area (Å²) in [6, 6.07) is 7.83. The first-order chi connectivity index (χ1) is 17.2. The molecule has 3 aromatic rings. The molecule has 2 amide bonds. The minimum absolute atomic E-state index is 0.00918. The number of aliphatic carboxylic acids is 1. The number of carbonyl (C=O) groups excluding carboxylic acids is 2. The predicted molar refractivity (Wildman–Crippen MR) is 127 cm³/mol. The highest BCUT2D eigenvalue weighted by Gasteiger charge is 2.28. The van der Waals surface area contributed by atoms with Crippen LogP contribution in [-0.2, 0) is 4.79 Å². The molecule has 11 heteroatoms. The van der Waals surface area contributed by atoms with Crippen molar-refractivity contribution in [1.82, 2.24) is 10.6 Å². The molecular formula is C25H23F3N2O5S. The van der Waals surface area contributed by atoms with Crippen molar-refractivity contribution in [2.75, 3.05) is 13.1 Å². The molecule has 190 valence electrons. The van der Waals surface area contributed by atoms with Crippen LogP contribution in [0, 0.1) is 23.4 Å². The van der Waals surface area contributed by atoms with E-state index in [2.05, 4.69) is 10.6 Å². The molecule has 0 atom stereocenters. The third-order valence-corrected chi connectivity index (χ3v) is 7.10. The first kappa shape index (κ1) is 25.5. The number of benzene rings is 2. The van der Waals surface area contributed by atoms with Crippen LogP contribution in [0.5, 0.6) is 5.75 Å². The van der Waals surface area contributed by atoms with Crippen molar-refractivity contribution >= 4 is 39.2 Å². The van der Waals surface area contributed by atoms with Gasteiger partial charge in [0.15, 0.2) is 0 Å². The molecule has 0 spiro atoms. The van der Waals surface area contributed by atoms with Crippen molar-refractivity contribution in [2.45, 2.75) is 31.8 Å². The fraction of sp³-hybridized carbons (Fsp3) is 0.320. The van der Waals surface area contributed by atoms with Gasteiger partial charge in [-0.1, -0.05) is 6.07 Å². The molecule has 4 rings (SSSR count). The number of thiophene rings is 1. The molecule has 1 fully saturated rings. The zero-order valence-electron chi connectivity index (χ0n) is 19.0. The predicted octanol–water partition coefficient (Wildman–Crippen LogP) is 4.50. The molecule has 1 aliphatic rings. The number of carboxylic acids is 1. The van der Waals surface area contributed by atoms with E-state index in [9.17, 15) is 27.6 Å². The number of halogens is 3. The quantitative estimate of drug-likeness (QED) is 0.380. The van der Waals surface area contributed by atoms with Gasteiger partial charge in [-0.15, -0.1) is 11.3 Å². The summed E-state index contributed by atoms with van der Waals surface area (Å²) in [6.45, 7) is -0.0987. The average Bonchev–Trinajstić information content (AvgIpc) is 3.28. The Balaban J connectivity index is 1.28. The number of nitrogens with one attached hydrogen (secondary N) is 2. The molecule has 1 saturated carbocycles. The Hall–Kier alpha value is -3.60. The first-order valence-electron chi connectivity index (χ1n) is 11.4. The second-order valence-corrected chi connectivity index (χ2v) is 9.55. The number of ether oxygens (including phenoxy) is 1. The van der Waals surface area contributed by atoms with Gasteiger partial charge in [0.05, 0.1) is 16.9 Å². The highest BCUT2D eigenvalue weighted by Crippen LogP contribution is 2.30. The third kappa shape index (κ3) is 5.78. The SMILES string of the molecule is O=C(NCCNC(=O)c1c(F)cc(O[C@H]2CC[C@@H](C(=O)O)CC2)cc1F)c1cc2c(F)cccc2s1. The number of hydrogen-bond donors (Lipinski definition) is 3. The van der Waals surface area contributed by atoms with E-state index in [1.165, 1.54) is 12.1 Å². The normalized spacial score (nSPS) is 17.5. The van der Waals surface area contributed by atoms with E-state index in [1.54, 1.807) is 12.1 Å². The summed E-state index contributed by atoms with van der Waals surface area (Å²) in [4.78, 5) is 36.0. The van der Waals surface area contributed by atoms with Crippen molar-refractivity contribution in [3.63, 3.8) is 0 Å². The minimum Gasteiger partial charge on any atom is -0.490 e. The molecule has 0 saturated heterocycles. The van der Waals surface area contributed by atoms with Crippen LogP contribution < -0.4 is 15.4 Å². The van der Waals surface area contributed by atoms with E-state index in [4.69, 9.17) is 9.84 Å². The molecule has 0 aliphatic heterocycles. The maximum absolute atomic E-state index is 14.5. The molecule has 1 aliphatic carbocycles. The van der Waals surface area contributed by atoms with Crippen molar-refractivity contribution in [3.8, 4) is 5.75 Å². The Kier molecular flexibility index (Phi) is 7.78. The summed E-state index contributed by atoms with van der Waals surface area (Å²) < 4.78 is 49.1. The van der Waals surface area contributed by atoms with Gasteiger partial charge in [0.25, 0.3) is 11.8 Å². The number of hydrogen-bond acceptors (Lipinski definition) is 5. The minimum atomic E-state index is -1.10. The first-order valence-corrected chi connectivity index (χ1v) is 12.2. The van der Waals surface area contributed by atoms with Crippen LogP contribution in [0.25, 0.3) is 10.1 Å². The monoisotopic (exact) mass is 520 g/mol. The van der Waals surface area contributed by atoms with Crippen molar-refractivity contribution in [2.24, 2.45) is 5.92 Å². The zero-order chi connectivity index (χ0) is 25.8. The summed E-state index contributed by atoms with van der Waals surface area (Å²) in [5, 5.41) is 14.3. The molecule has 0 unspecified atom stereocenters. The summed E-state index contributed by atoms with van der Waals surface area (Å²) >= 11 is 1.12. The van der Waals surface area contributed by atoms with Gasteiger partial charge in [-0.25, -0.2) is 13.2 Å². The van der Waals surface area contributed by atoms with Crippen molar-refractivity contribution < 1.29 is 37.4 Å². The van der Waals surface area contributed by atoms with Crippen LogP contribution in [0.2, 0.25) is 0 Å². The van der Waals surface area contributed by atoms with Crippen LogP contribution in [0.4, 0.5) is 13.2 Å². The summed E-state index contributed by atoms with van der Waals surface area (Å²) in [5.74, 6) is -5.46. The zero-order valence-corrected chi connectivity index (χ0v) is 19.8. The summed E-state index contributed by atoms with van der Waals surface area (Å²) in [5.41, 5.74) is -0.775. The van der Waals surface area contributed by atoms with Crippen LogP contribution >= 0.6 is 11.3 Å². The Bertz CT molecular complexity index is 1280. The lowest BCUT2D eigenvalue weighted by molar-refractivity contribution is -0.143. The van der Waals surface area contributed by atoms with Crippen molar-refractivity contribution in [1.29, 1.82) is 0 Å². The van der Waals surface area contributed by atoms with E-state index in [-0.39, 0.29) is 24.9 Å². The highest BCUT2D eigenvalue weighted by molar-refractivity contribution is 7.20. The Morgan fingerprint density at radius 3 is 2.17 bits per heavy atom. The molecule has 0 radical (unpaired) electrons. The van der Waals surface area contributed by atoms with E-state index in [0.29, 0.717) is 40.6 Å². The largest absolute Gasteiger partial charge is 0.490 e. The summed E-state index contributed by atoms with van der Waals surface area (Å²) in [6.07, 6.45) is 1.37. The fourth-order valence-electron chi connectivity index (χ4n) is 4.12. The van der Waals surface area contributed by atoms with Gasteiger partial charge in [0.2, 0.25) is 0 Å². The van der Waals surface area contributed by atoms with Gasteiger partial charge < -0.3 is 20.5 Å². The average molecular weight is 521 g/mol. The highest BCUT2D eigenvalue weighted by atomic mass is 32.1. The van der Waals surface area contributed by atoms with E-state index in [1.807, 2.05) is 0 Å². The standard InChI is InChI=1S/C25H23F3N2O5S/c26-17-2-1-3-20-16(17)12-21(36-20)23(31)29-8-9-30-24(32)22-18(27)10-15(11-19(22)28)35-14-6-4-13(5-7-14)25(33)34/h1-3,10-14H,4-9H2,(H,29,31)(H,30,32)(H,33,34)/t13-,14+. The van der Waals surface area contributed by atoms with Crippen LogP contribution in [-0.4, -0.2) is 42.1 Å². The van der Waals surface area contributed by atoms with Crippen LogP contribution in [0.15, 0.2) is 36.4 Å². The number of fused-ring (bicyclic) bond motifs is 1. The smallest absolute Gasteiger partial charge is 0.306 e. The number of amides is 2. The van der Waals surface area contributed by atoms with Gasteiger partial charge >= 0.3 is 5.97 Å². The summed E-state index contributed by atoms with van der Waals surface area (Å²) in [7, 11) is 0. The van der Waals surface area contributed by atoms with Crippen LogP contribution in [0.1, 0.15) is 45.7 Å². The van der Waals surface area contributed by atoms with E-state index < -0.39 is 46.7 Å². The fourth-order valence-corrected chi connectivity index (χ4v) is 5.11. The van der Waals surface area contributed by atoms with Gasteiger partial charge in [0.1, 0.15) is 28.8 Å². The second kappa shape index (κ2) is 11.0. The lowest BCUT2D eigenvalue weighted by atomic mass is 9.87. The van der Waals surface area contributed by atoms with E-state index in [0.717, 1.165) is 23.5 Å². The van der Waals surface area contributed by atoms with Gasteiger partial charge in [-0.05, 0) is 43.9 Å². The molecular weight excluding hydrogens is 497 g/mol. The second-order valence-electron chi connectivity index (χ2n) is 8.47. The number of carboxylic acid groups (broad SMARTS) is 1. The molecule has 1 aromatic heterocycles. The van der Waals surface area contributed by atoms with Gasteiger partial charge in [-0.2, -0.15) is 0 Å². The number of carbonyl (C=O) groups is 3. The Morgan fingerprint density at radius 1 is 0.917 bits per heavy atom. The van der Waals surface area contributed by atoms with Crippen LogP contribution in [0.3, 0.4) is 0 Å². The maximum atomic E-state index is 14.5. The third-order valence-electron chi connectivity index (χ3n) is 6.00.